The molecule has 0 aliphatic rings. The van der Waals surface area contributed by atoms with Gasteiger partial charge in [-0.25, -0.2) is 0 Å². The number of aryl methyl sites for hydroxylation is 2. The summed E-state index contributed by atoms with van der Waals surface area (Å²) in [6.07, 6.45) is 3.92. The maximum Gasteiger partial charge on any atom is 0.252 e. The Morgan fingerprint density at radius 3 is 2.00 bits per heavy atom. The number of furan rings is 1. The summed E-state index contributed by atoms with van der Waals surface area (Å²) in [5, 5.41) is 5.67. The highest BCUT2D eigenvalue weighted by atomic mass is 16.3. The number of hydrogen-bond acceptors (Lipinski definition) is 4. The molecule has 0 aliphatic carbocycles. The van der Waals surface area contributed by atoms with Gasteiger partial charge in [0.1, 0.15) is 11.8 Å². The van der Waals surface area contributed by atoms with Crippen LogP contribution >= 0.6 is 0 Å². The predicted molar refractivity (Wildman–Crippen MR) is 161 cm³/mol. The number of nitrogens with one attached hydrogen (secondary N) is 2. The van der Waals surface area contributed by atoms with Crippen LogP contribution in [0.5, 0.6) is 0 Å². The molecule has 0 aliphatic heterocycles. The second-order valence-corrected chi connectivity index (χ2v) is 10.3. The molecule has 4 rings (SSSR count). The molecule has 210 valence electrons. The minimum Gasteiger partial charge on any atom is -0.467 e. The van der Waals surface area contributed by atoms with Crippen LogP contribution in [-0.2, 0) is 20.9 Å². The molecule has 1 heterocycles. The third kappa shape index (κ3) is 7.82. The van der Waals surface area contributed by atoms with Crippen molar-refractivity contribution in [2.45, 2.75) is 46.2 Å². The highest BCUT2D eigenvalue weighted by Crippen LogP contribution is 2.30. The normalized spacial score (nSPS) is 11.8. The SMILES string of the molecule is Cc1ccc(NC(=O)/C=C\C(=O)N(c2ccc(C(C)C)cc2)[C@H](C(=O)NCc2ccco2)c2ccc(C)cc2)cc1. The van der Waals surface area contributed by atoms with Gasteiger partial charge in [0.25, 0.3) is 5.91 Å². The van der Waals surface area contributed by atoms with E-state index in [1.807, 2.05) is 74.5 Å². The fourth-order valence-corrected chi connectivity index (χ4v) is 4.32. The lowest BCUT2D eigenvalue weighted by Gasteiger charge is -2.31. The molecule has 3 aromatic carbocycles. The van der Waals surface area contributed by atoms with Gasteiger partial charge >= 0.3 is 0 Å². The zero-order valence-corrected chi connectivity index (χ0v) is 23.8. The topological polar surface area (TPSA) is 91.7 Å². The number of anilines is 2. The van der Waals surface area contributed by atoms with Crippen LogP contribution in [0.15, 0.2) is 108 Å². The van der Waals surface area contributed by atoms with Gasteiger partial charge in [-0.2, -0.15) is 0 Å². The van der Waals surface area contributed by atoms with Crippen molar-refractivity contribution in [2.75, 3.05) is 10.2 Å². The Kier molecular flexibility index (Phi) is 9.53. The van der Waals surface area contributed by atoms with Crippen LogP contribution in [-0.4, -0.2) is 17.7 Å². The van der Waals surface area contributed by atoms with Crippen molar-refractivity contribution in [1.29, 1.82) is 0 Å². The lowest BCUT2D eigenvalue weighted by Crippen LogP contribution is -2.43. The molecule has 0 spiro atoms. The first-order valence-electron chi connectivity index (χ1n) is 13.6. The zero-order chi connectivity index (χ0) is 29.4. The Morgan fingerprint density at radius 1 is 0.805 bits per heavy atom. The molecule has 0 saturated carbocycles. The predicted octanol–water partition coefficient (Wildman–Crippen LogP) is 6.61. The molecule has 0 radical (unpaired) electrons. The molecule has 1 atom stereocenters. The molecule has 1 aromatic heterocycles. The number of nitrogens with zero attached hydrogens (tertiary/aromatic N) is 1. The second-order valence-electron chi connectivity index (χ2n) is 10.3. The highest BCUT2D eigenvalue weighted by molar-refractivity contribution is 6.10. The van der Waals surface area contributed by atoms with E-state index in [2.05, 4.69) is 24.5 Å². The maximum absolute atomic E-state index is 13.8. The van der Waals surface area contributed by atoms with E-state index in [4.69, 9.17) is 4.42 Å². The van der Waals surface area contributed by atoms with Crippen molar-refractivity contribution >= 4 is 29.1 Å². The van der Waals surface area contributed by atoms with Crippen LogP contribution in [0.4, 0.5) is 11.4 Å². The third-order valence-corrected chi connectivity index (χ3v) is 6.69. The van der Waals surface area contributed by atoms with Crippen LogP contribution in [0.25, 0.3) is 0 Å². The van der Waals surface area contributed by atoms with Gasteiger partial charge in [0.05, 0.1) is 12.8 Å². The van der Waals surface area contributed by atoms with E-state index < -0.39 is 17.9 Å². The van der Waals surface area contributed by atoms with E-state index in [1.165, 1.54) is 23.3 Å². The number of carbonyl (C=O) groups excluding carboxylic acids is 3. The molecule has 7 nitrogen and oxygen atoms in total. The van der Waals surface area contributed by atoms with Gasteiger partial charge in [0.15, 0.2) is 0 Å². The van der Waals surface area contributed by atoms with E-state index in [0.29, 0.717) is 28.6 Å². The van der Waals surface area contributed by atoms with Crippen LogP contribution < -0.4 is 15.5 Å². The highest BCUT2D eigenvalue weighted by Gasteiger charge is 2.32. The lowest BCUT2D eigenvalue weighted by atomic mass is 9.99. The molecule has 0 bridgehead atoms. The number of benzene rings is 3. The van der Waals surface area contributed by atoms with Crippen LogP contribution in [0, 0.1) is 13.8 Å². The number of hydrogen-bond donors (Lipinski definition) is 2. The minimum atomic E-state index is -1.01. The van der Waals surface area contributed by atoms with Crippen molar-refractivity contribution in [3.05, 3.63) is 131 Å². The van der Waals surface area contributed by atoms with Crippen LogP contribution in [0.3, 0.4) is 0 Å². The van der Waals surface area contributed by atoms with Gasteiger partial charge < -0.3 is 15.1 Å². The first-order chi connectivity index (χ1) is 19.7. The molecular weight excluding hydrogens is 514 g/mol. The summed E-state index contributed by atoms with van der Waals surface area (Å²) in [6.45, 7) is 8.26. The maximum atomic E-state index is 13.8. The van der Waals surface area contributed by atoms with E-state index in [1.54, 1.807) is 24.3 Å². The molecular formula is C34H35N3O4. The van der Waals surface area contributed by atoms with E-state index >= 15 is 0 Å². The van der Waals surface area contributed by atoms with E-state index in [0.717, 1.165) is 16.7 Å². The summed E-state index contributed by atoms with van der Waals surface area (Å²) in [5.74, 6) is -0.466. The monoisotopic (exact) mass is 549 g/mol. The largest absolute Gasteiger partial charge is 0.467 e. The zero-order valence-electron chi connectivity index (χ0n) is 23.8. The summed E-state index contributed by atoms with van der Waals surface area (Å²) in [5.41, 5.74) is 4.97. The number of amides is 3. The molecule has 41 heavy (non-hydrogen) atoms. The summed E-state index contributed by atoms with van der Waals surface area (Å²) in [6, 6.07) is 24.9. The Labute approximate surface area is 240 Å². The summed E-state index contributed by atoms with van der Waals surface area (Å²) in [4.78, 5) is 41.7. The Hall–Kier alpha value is -4.91. The fraction of sp³-hybridized carbons (Fsp3) is 0.206. The summed E-state index contributed by atoms with van der Waals surface area (Å²) >= 11 is 0. The van der Waals surface area contributed by atoms with Crippen LogP contribution in [0.2, 0.25) is 0 Å². The van der Waals surface area contributed by atoms with Crippen molar-refractivity contribution in [3.8, 4) is 0 Å². The molecule has 0 saturated heterocycles. The minimum absolute atomic E-state index is 0.164. The molecule has 7 heteroatoms. The molecule has 0 unspecified atom stereocenters. The average Bonchev–Trinajstić information content (AvgIpc) is 3.49. The van der Waals surface area contributed by atoms with Crippen molar-refractivity contribution in [1.82, 2.24) is 5.32 Å². The van der Waals surface area contributed by atoms with Crippen LogP contribution in [0.1, 0.15) is 53.8 Å². The Morgan fingerprint density at radius 2 is 1.41 bits per heavy atom. The molecule has 0 fully saturated rings. The Balaban J connectivity index is 1.69. The first kappa shape index (κ1) is 29.1. The number of rotatable bonds is 10. The van der Waals surface area contributed by atoms with Gasteiger partial charge in [-0.3, -0.25) is 19.3 Å². The smallest absolute Gasteiger partial charge is 0.252 e. The lowest BCUT2D eigenvalue weighted by molar-refractivity contribution is -0.125. The van der Waals surface area contributed by atoms with Gasteiger partial charge in [-0.15, -0.1) is 0 Å². The van der Waals surface area contributed by atoms with Crippen molar-refractivity contribution < 1.29 is 18.8 Å². The number of carbonyl (C=O) groups is 3. The first-order valence-corrected chi connectivity index (χ1v) is 13.6. The third-order valence-electron chi connectivity index (χ3n) is 6.69. The summed E-state index contributed by atoms with van der Waals surface area (Å²) in [7, 11) is 0. The quantitative estimate of drug-likeness (QED) is 0.218. The van der Waals surface area contributed by atoms with Gasteiger partial charge in [-0.1, -0.05) is 73.5 Å². The molecule has 2 N–H and O–H groups in total. The van der Waals surface area contributed by atoms with Gasteiger partial charge in [-0.05, 0) is 67.3 Å². The van der Waals surface area contributed by atoms with E-state index in [-0.39, 0.29) is 12.5 Å². The van der Waals surface area contributed by atoms with Gasteiger partial charge in [0.2, 0.25) is 11.8 Å². The summed E-state index contributed by atoms with van der Waals surface area (Å²) < 4.78 is 5.38. The fourth-order valence-electron chi connectivity index (χ4n) is 4.32. The standard InChI is InChI=1S/C34H35N3O4/c1-23(2)26-13-17-29(18-14-26)37(32(39)20-19-31(38)36-28-15-9-25(4)10-16-28)33(27-11-7-24(3)8-12-27)34(40)35-22-30-6-5-21-41-30/h5-21,23,33H,22H2,1-4H3,(H,35,40)(H,36,38)/b20-19-/t33-/m0/s1. The van der Waals surface area contributed by atoms with Crippen molar-refractivity contribution in [3.63, 3.8) is 0 Å². The van der Waals surface area contributed by atoms with Crippen molar-refractivity contribution in [2.24, 2.45) is 0 Å². The Bertz CT molecular complexity index is 1490. The molecule has 3 amide bonds. The second kappa shape index (κ2) is 13.4. The van der Waals surface area contributed by atoms with E-state index in [9.17, 15) is 14.4 Å². The van der Waals surface area contributed by atoms with Gasteiger partial charge in [0, 0.05) is 23.5 Å². The average molecular weight is 550 g/mol. The molecule has 4 aromatic rings.